The molecule has 0 fully saturated rings. The van der Waals surface area contributed by atoms with Crippen LogP contribution in [0.2, 0.25) is 5.02 Å². The van der Waals surface area contributed by atoms with Gasteiger partial charge in [-0.2, -0.15) is 0 Å². The minimum absolute atomic E-state index is 0.0581. The maximum absolute atomic E-state index is 14.0. The van der Waals surface area contributed by atoms with Gasteiger partial charge in [0, 0.05) is 23.2 Å². The zero-order valence-corrected chi connectivity index (χ0v) is 20.3. The highest BCUT2D eigenvalue weighted by atomic mass is 35.5. The lowest BCUT2D eigenvalue weighted by atomic mass is 9.91. The van der Waals surface area contributed by atoms with Gasteiger partial charge in [0.1, 0.15) is 0 Å². The molecule has 0 spiro atoms. The molecule has 172 valence electrons. The Morgan fingerprint density at radius 3 is 2.30 bits per heavy atom. The smallest absolute Gasteiger partial charge is 0.264 e. The predicted octanol–water partition coefficient (Wildman–Crippen LogP) is 6.20. The number of halogens is 1. The van der Waals surface area contributed by atoms with E-state index in [4.69, 9.17) is 11.6 Å². The molecule has 4 rings (SSSR count). The monoisotopic (exact) mass is 482 g/mol. The number of amides is 1. The summed E-state index contributed by atoms with van der Waals surface area (Å²) in [7, 11) is -3.91. The van der Waals surface area contributed by atoms with Gasteiger partial charge in [-0.05, 0) is 67.8 Å². The van der Waals surface area contributed by atoms with Crippen molar-refractivity contribution in [3.05, 3.63) is 89.4 Å². The molecule has 1 aliphatic rings. The fourth-order valence-corrected chi connectivity index (χ4v) is 6.27. The van der Waals surface area contributed by atoms with Crippen molar-refractivity contribution >= 4 is 38.9 Å². The average Bonchev–Trinajstić information content (AvgIpc) is 2.80. The van der Waals surface area contributed by atoms with Crippen LogP contribution in [0.1, 0.15) is 44.7 Å². The fraction of sp³-hybridized carbons (Fsp3) is 0.269. The van der Waals surface area contributed by atoms with Crippen LogP contribution < -0.4 is 9.21 Å². The summed E-state index contributed by atoms with van der Waals surface area (Å²) in [6.07, 6.45) is 1.69. The van der Waals surface area contributed by atoms with E-state index in [1.54, 1.807) is 24.3 Å². The fourth-order valence-electron chi connectivity index (χ4n) is 4.50. The summed E-state index contributed by atoms with van der Waals surface area (Å²) in [5.74, 6) is 0.0581. The van der Waals surface area contributed by atoms with Gasteiger partial charge in [-0.15, -0.1) is 0 Å². The Kier molecular flexibility index (Phi) is 6.77. The zero-order chi connectivity index (χ0) is 23.6. The van der Waals surface area contributed by atoms with Crippen LogP contribution in [0, 0.1) is 0 Å². The van der Waals surface area contributed by atoms with Crippen LogP contribution in [0.15, 0.2) is 83.8 Å². The van der Waals surface area contributed by atoms with Crippen molar-refractivity contribution in [1.82, 2.24) is 0 Å². The quantitative estimate of drug-likeness (QED) is 0.420. The molecule has 0 N–H and O–H groups in total. The van der Waals surface area contributed by atoms with Crippen molar-refractivity contribution in [2.24, 2.45) is 0 Å². The van der Waals surface area contributed by atoms with Gasteiger partial charge in [0.25, 0.3) is 10.0 Å². The number of benzene rings is 3. The van der Waals surface area contributed by atoms with Crippen LogP contribution in [0.4, 0.5) is 11.4 Å². The van der Waals surface area contributed by atoms with Gasteiger partial charge in [0.15, 0.2) is 0 Å². The number of sulfonamides is 1. The molecule has 1 amide bonds. The van der Waals surface area contributed by atoms with Crippen molar-refractivity contribution in [3.63, 3.8) is 0 Å². The van der Waals surface area contributed by atoms with Crippen LogP contribution in [-0.4, -0.2) is 20.4 Å². The third-order valence-electron chi connectivity index (χ3n) is 5.96. The molecular formula is C26H27ClN2O3S. The van der Waals surface area contributed by atoms with Gasteiger partial charge in [-0.1, -0.05) is 54.9 Å². The van der Waals surface area contributed by atoms with Crippen LogP contribution >= 0.6 is 11.6 Å². The molecule has 0 unspecified atom stereocenters. The second-order valence-electron chi connectivity index (χ2n) is 8.26. The molecule has 0 saturated carbocycles. The molecule has 0 aliphatic carbocycles. The van der Waals surface area contributed by atoms with E-state index < -0.39 is 16.1 Å². The predicted molar refractivity (Wildman–Crippen MR) is 133 cm³/mol. The first kappa shape index (κ1) is 23.3. The Morgan fingerprint density at radius 1 is 1.00 bits per heavy atom. The van der Waals surface area contributed by atoms with Crippen molar-refractivity contribution in [3.8, 4) is 0 Å². The maximum Gasteiger partial charge on any atom is 0.264 e. The Labute approximate surface area is 200 Å². The first-order chi connectivity index (χ1) is 15.8. The first-order valence-electron chi connectivity index (χ1n) is 11.1. The van der Waals surface area contributed by atoms with Crippen molar-refractivity contribution in [2.75, 3.05) is 9.21 Å². The SMILES string of the molecule is CCCC(=O)N1c2ccccc2[C@@H](N(c2ccccc2)S(=O)(=O)c2ccc(Cl)cc2)C[C@H]1C. The van der Waals surface area contributed by atoms with E-state index in [0.717, 1.165) is 17.7 Å². The van der Waals surface area contributed by atoms with E-state index in [2.05, 4.69) is 0 Å². The third-order valence-corrected chi connectivity index (χ3v) is 8.06. The zero-order valence-electron chi connectivity index (χ0n) is 18.7. The molecule has 0 aromatic heterocycles. The first-order valence-corrected chi connectivity index (χ1v) is 12.9. The number of rotatable bonds is 6. The average molecular weight is 483 g/mol. The van der Waals surface area contributed by atoms with Crippen LogP contribution in [0.5, 0.6) is 0 Å². The standard InChI is InChI=1S/C26H27ClN2O3S/c1-3-9-26(30)28-19(2)18-25(23-12-7-8-13-24(23)28)29(21-10-5-4-6-11-21)33(31,32)22-16-14-20(27)15-17-22/h4-8,10-17,19,25H,3,9,18H2,1-2H3/t19-,25+/m1/s1. The number of fused-ring (bicyclic) bond motifs is 1. The summed E-state index contributed by atoms with van der Waals surface area (Å²) in [5.41, 5.74) is 2.17. The number of para-hydroxylation sites is 2. The van der Waals surface area contributed by atoms with Crippen molar-refractivity contribution in [2.45, 2.75) is 50.1 Å². The number of anilines is 2. The molecule has 5 nitrogen and oxygen atoms in total. The highest BCUT2D eigenvalue weighted by Gasteiger charge is 2.40. The Bertz CT molecular complexity index is 1230. The molecule has 7 heteroatoms. The second-order valence-corrected chi connectivity index (χ2v) is 10.5. The Hall–Kier alpha value is -2.83. The summed E-state index contributed by atoms with van der Waals surface area (Å²) >= 11 is 6.02. The van der Waals surface area contributed by atoms with Gasteiger partial charge in [0.05, 0.1) is 16.6 Å². The van der Waals surface area contributed by atoms with E-state index in [1.807, 2.05) is 61.2 Å². The normalized spacial score (nSPS) is 18.0. The van der Waals surface area contributed by atoms with Crippen molar-refractivity contribution in [1.29, 1.82) is 0 Å². The number of carbonyl (C=O) groups excluding carboxylic acids is 1. The summed E-state index contributed by atoms with van der Waals surface area (Å²) < 4.78 is 29.5. The number of nitrogens with zero attached hydrogens (tertiary/aromatic N) is 2. The summed E-state index contributed by atoms with van der Waals surface area (Å²) in [5, 5.41) is 0.474. The van der Waals surface area contributed by atoms with E-state index in [1.165, 1.54) is 16.4 Å². The van der Waals surface area contributed by atoms with Crippen LogP contribution in [0.3, 0.4) is 0 Å². The Balaban J connectivity index is 1.88. The molecule has 3 aromatic carbocycles. The van der Waals surface area contributed by atoms with E-state index in [-0.39, 0.29) is 16.8 Å². The van der Waals surface area contributed by atoms with Crippen LogP contribution in [-0.2, 0) is 14.8 Å². The molecule has 0 radical (unpaired) electrons. The molecule has 0 bridgehead atoms. The summed E-state index contributed by atoms with van der Waals surface area (Å²) in [6.45, 7) is 3.96. The molecule has 3 aromatic rings. The summed E-state index contributed by atoms with van der Waals surface area (Å²) in [6, 6.07) is 22.3. The highest BCUT2D eigenvalue weighted by Crippen LogP contribution is 2.44. The van der Waals surface area contributed by atoms with Gasteiger partial charge >= 0.3 is 0 Å². The second kappa shape index (κ2) is 9.57. The lowest BCUT2D eigenvalue weighted by Gasteiger charge is -2.43. The number of carbonyl (C=O) groups is 1. The largest absolute Gasteiger partial charge is 0.309 e. The lowest BCUT2D eigenvalue weighted by molar-refractivity contribution is -0.119. The van der Waals surface area contributed by atoms with Crippen LogP contribution in [0.25, 0.3) is 0 Å². The molecule has 1 aliphatic heterocycles. The van der Waals surface area contributed by atoms with Crippen molar-refractivity contribution < 1.29 is 13.2 Å². The van der Waals surface area contributed by atoms with E-state index in [0.29, 0.717) is 23.6 Å². The number of hydrogen-bond donors (Lipinski definition) is 0. The lowest BCUT2D eigenvalue weighted by Crippen LogP contribution is -2.47. The third kappa shape index (κ3) is 4.50. The van der Waals surface area contributed by atoms with Gasteiger partial charge in [-0.25, -0.2) is 8.42 Å². The highest BCUT2D eigenvalue weighted by molar-refractivity contribution is 7.92. The minimum Gasteiger partial charge on any atom is -0.309 e. The van der Waals surface area contributed by atoms with Gasteiger partial charge in [0.2, 0.25) is 5.91 Å². The Morgan fingerprint density at radius 2 is 1.64 bits per heavy atom. The van der Waals surface area contributed by atoms with E-state index >= 15 is 0 Å². The summed E-state index contributed by atoms with van der Waals surface area (Å²) in [4.78, 5) is 14.9. The minimum atomic E-state index is -3.91. The maximum atomic E-state index is 14.0. The molecule has 33 heavy (non-hydrogen) atoms. The molecule has 1 heterocycles. The molecule has 0 saturated heterocycles. The molecule has 2 atom stereocenters. The number of hydrogen-bond acceptors (Lipinski definition) is 3. The van der Waals surface area contributed by atoms with E-state index in [9.17, 15) is 13.2 Å². The van der Waals surface area contributed by atoms with Gasteiger partial charge in [-0.3, -0.25) is 9.10 Å². The molecular weight excluding hydrogens is 456 g/mol. The topological polar surface area (TPSA) is 57.7 Å². The van der Waals surface area contributed by atoms with Gasteiger partial charge < -0.3 is 4.90 Å².